The fourth-order valence-corrected chi connectivity index (χ4v) is 1.53. The van der Waals surface area contributed by atoms with Crippen molar-refractivity contribution in [1.82, 2.24) is 4.90 Å². The Kier molecular flexibility index (Phi) is 7.33. The van der Waals surface area contributed by atoms with Gasteiger partial charge in [0.25, 0.3) is 0 Å². The second kappa shape index (κ2) is 7.36. The van der Waals surface area contributed by atoms with Crippen LogP contribution >= 0.6 is 15.9 Å². The number of rotatable bonds is 6. The second-order valence-corrected chi connectivity index (χ2v) is 4.31. The summed E-state index contributed by atoms with van der Waals surface area (Å²) in [5.41, 5.74) is 0. The number of carbonyl (C=O) groups excluding carboxylic acids is 1. The normalized spacial score (nSPS) is 12.6. The standard InChI is InChI=1S/C10H20BrNO/c1-4-7-12(8-5-2)10(13)9(11)6-3/h9H,4-8H2,1-3H3. The minimum atomic E-state index is 0.00519. The first-order valence-electron chi connectivity index (χ1n) is 5.10. The van der Waals surface area contributed by atoms with E-state index in [1.54, 1.807) is 0 Å². The molecular weight excluding hydrogens is 230 g/mol. The van der Waals surface area contributed by atoms with E-state index < -0.39 is 0 Å². The smallest absolute Gasteiger partial charge is 0.236 e. The fraction of sp³-hybridized carbons (Fsp3) is 0.900. The fourth-order valence-electron chi connectivity index (χ4n) is 1.24. The molecular formula is C10H20BrNO. The van der Waals surface area contributed by atoms with Crippen molar-refractivity contribution in [2.24, 2.45) is 0 Å². The third-order valence-electron chi connectivity index (χ3n) is 1.93. The molecule has 1 amide bonds. The Hall–Kier alpha value is -0.0500. The van der Waals surface area contributed by atoms with Crippen LogP contribution in [0.2, 0.25) is 0 Å². The summed E-state index contributed by atoms with van der Waals surface area (Å²) < 4.78 is 0. The van der Waals surface area contributed by atoms with Gasteiger partial charge in [0.15, 0.2) is 0 Å². The van der Waals surface area contributed by atoms with Crippen LogP contribution in [0.4, 0.5) is 0 Å². The SMILES string of the molecule is CCCN(CCC)C(=O)C(Br)CC. The van der Waals surface area contributed by atoms with Gasteiger partial charge in [0.05, 0.1) is 4.83 Å². The van der Waals surface area contributed by atoms with E-state index in [0.29, 0.717) is 0 Å². The summed E-state index contributed by atoms with van der Waals surface area (Å²) in [7, 11) is 0. The minimum absolute atomic E-state index is 0.00519. The monoisotopic (exact) mass is 249 g/mol. The summed E-state index contributed by atoms with van der Waals surface area (Å²) in [5, 5.41) is 0. The molecule has 1 atom stereocenters. The number of halogens is 1. The molecule has 0 bridgehead atoms. The molecule has 0 saturated heterocycles. The summed E-state index contributed by atoms with van der Waals surface area (Å²) in [6.45, 7) is 7.99. The molecule has 0 aromatic rings. The van der Waals surface area contributed by atoms with Gasteiger partial charge in [0, 0.05) is 13.1 Å². The van der Waals surface area contributed by atoms with Crippen molar-refractivity contribution in [3.8, 4) is 0 Å². The van der Waals surface area contributed by atoms with Gasteiger partial charge in [0.1, 0.15) is 0 Å². The molecule has 0 aliphatic rings. The Bertz CT molecular complexity index is 144. The summed E-state index contributed by atoms with van der Waals surface area (Å²) in [6, 6.07) is 0. The zero-order valence-corrected chi connectivity index (χ0v) is 10.4. The van der Waals surface area contributed by atoms with E-state index >= 15 is 0 Å². The van der Waals surface area contributed by atoms with Crippen molar-refractivity contribution >= 4 is 21.8 Å². The zero-order valence-electron chi connectivity index (χ0n) is 8.85. The van der Waals surface area contributed by atoms with Crippen LogP contribution < -0.4 is 0 Å². The molecule has 0 rings (SSSR count). The largest absolute Gasteiger partial charge is 0.342 e. The molecule has 0 spiro atoms. The first-order chi connectivity index (χ1) is 6.17. The lowest BCUT2D eigenvalue weighted by atomic mass is 10.2. The number of nitrogens with zero attached hydrogens (tertiary/aromatic N) is 1. The van der Waals surface area contributed by atoms with Gasteiger partial charge in [0.2, 0.25) is 5.91 Å². The van der Waals surface area contributed by atoms with Gasteiger partial charge in [-0.05, 0) is 19.3 Å². The Morgan fingerprint density at radius 1 is 1.23 bits per heavy atom. The average Bonchev–Trinajstić information content (AvgIpc) is 2.15. The van der Waals surface area contributed by atoms with E-state index in [1.165, 1.54) is 0 Å². The van der Waals surface area contributed by atoms with Crippen LogP contribution in [0.15, 0.2) is 0 Å². The predicted molar refractivity (Wildman–Crippen MR) is 60.2 cm³/mol. The van der Waals surface area contributed by atoms with Gasteiger partial charge < -0.3 is 4.90 Å². The molecule has 3 heteroatoms. The zero-order chi connectivity index (χ0) is 10.3. The molecule has 0 aliphatic carbocycles. The van der Waals surface area contributed by atoms with Crippen LogP contribution in [0.25, 0.3) is 0 Å². The van der Waals surface area contributed by atoms with E-state index in [-0.39, 0.29) is 10.7 Å². The lowest BCUT2D eigenvalue weighted by Crippen LogP contribution is -2.37. The van der Waals surface area contributed by atoms with Crippen LogP contribution in [0.3, 0.4) is 0 Å². The molecule has 0 aromatic carbocycles. The summed E-state index contributed by atoms with van der Waals surface area (Å²) in [6.07, 6.45) is 2.94. The quantitative estimate of drug-likeness (QED) is 0.664. The summed E-state index contributed by atoms with van der Waals surface area (Å²) in [5.74, 6) is 0.242. The van der Waals surface area contributed by atoms with E-state index in [9.17, 15) is 4.79 Å². The lowest BCUT2D eigenvalue weighted by Gasteiger charge is -2.23. The number of carbonyl (C=O) groups is 1. The molecule has 1 unspecified atom stereocenters. The molecule has 0 N–H and O–H groups in total. The van der Waals surface area contributed by atoms with Crippen LogP contribution in [-0.4, -0.2) is 28.7 Å². The van der Waals surface area contributed by atoms with Crippen LogP contribution in [0.5, 0.6) is 0 Å². The molecule has 0 heterocycles. The number of amides is 1. The highest BCUT2D eigenvalue weighted by Gasteiger charge is 2.18. The molecule has 0 aromatic heterocycles. The minimum Gasteiger partial charge on any atom is -0.342 e. The Labute approximate surface area is 89.8 Å². The van der Waals surface area contributed by atoms with E-state index in [2.05, 4.69) is 29.8 Å². The summed E-state index contributed by atoms with van der Waals surface area (Å²) in [4.78, 5) is 13.7. The molecule has 13 heavy (non-hydrogen) atoms. The molecule has 0 aliphatic heterocycles. The highest BCUT2D eigenvalue weighted by Crippen LogP contribution is 2.09. The van der Waals surface area contributed by atoms with Gasteiger partial charge in [-0.25, -0.2) is 0 Å². The van der Waals surface area contributed by atoms with Gasteiger partial charge in [-0.3, -0.25) is 4.79 Å². The summed E-state index contributed by atoms with van der Waals surface area (Å²) >= 11 is 3.39. The van der Waals surface area contributed by atoms with Crippen molar-refractivity contribution in [1.29, 1.82) is 0 Å². The van der Waals surface area contributed by atoms with E-state index in [4.69, 9.17) is 0 Å². The predicted octanol–water partition coefficient (Wildman–Crippen LogP) is 2.81. The van der Waals surface area contributed by atoms with Gasteiger partial charge in [-0.15, -0.1) is 0 Å². The number of hydrogen-bond donors (Lipinski definition) is 0. The molecule has 0 saturated carbocycles. The highest BCUT2D eigenvalue weighted by molar-refractivity contribution is 9.10. The molecule has 78 valence electrons. The second-order valence-electron chi connectivity index (χ2n) is 3.20. The maximum Gasteiger partial charge on any atom is 0.236 e. The maximum absolute atomic E-state index is 11.7. The molecule has 2 nitrogen and oxygen atoms in total. The Morgan fingerprint density at radius 2 is 1.69 bits per heavy atom. The topological polar surface area (TPSA) is 20.3 Å². The van der Waals surface area contributed by atoms with Crippen molar-refractivity contribution < 1.29 is 4.79 Å². The van der Waals surface area contributed by atoms with Crippen molar-refractivity contribution in [2.45, 2.75) is 44.9 Å². The van der Waals surface area contributed by atoms with Crippen LogP contribution in [0, 0.1) is 0 Å². The first-order valence-corrected chi connectivity index (χ1v) is 6.01. The van der Waals surface area contributed by atoms with Gasteiger partial charge in [-0.2, -0.15) is 0 Å². The maximum atomic E-state index is 11.7. The van der Waals surface area contributed by atoms with E-state index in [1.807, 2.05) is 11.8 Å². The number of alkyl halides is 1. The van der Waals surface area contributed by atoms with Crippen molar-refractivity contribution in [2.75, 3.05) is 13.1 Å². The van der Waals surface area contributed by atoms with Crippen LogP contribution in [0.1, 0.15) is 40.0 Å². The molecule has 0 radical (unpaired) electrons. The third-order valence-corrected chi connectivity index (χ3v) is 2.96. The van der Waals surface area contributed by atoms with Crippen molar-refractivity contribution in [3.05, 3.63) is 0 Å². The third kappa shape index (κ3) is 4.65. The van der Waals surface area contributed by atoms with E-state index in [0.717, 1.165) is 32.4 Å². The average molecular weight is 250 g/mol. The molecule has 0 fully saturated rings. The number of hydrogen-bond acceptors (Lipinski definition) is 1. The van der Waals surface area contributed by atoms with Gasteiger partial charge >= 0.3 is 0 Å². The first kappa shape index (κ1) is 12.9. The van der Waals surface area contributed by atoms with Crippen molar-refractivity contribution in [3.63, 3.8) is 0 Å². The van der Waals surface area contributed by atoms with Gasteiger partial charge in [-0.1, -0.05) is 36.7 Å². The lowest BCUT2D eigenvalue weighted by molar-refractivity contribution is -0.130. The highest BCUT2D eigenvalue weighted by atomic mass is 79.9. The van der Waals surface area contributed by atoms with Crippen LogP contribution in [-0.2, 0) is 4.79 Å². The Balaban J connectivity index is 4.09. The Morgan fingerprint density at radius 3 is 2.00 bits per heavy atom.